The van der Waals surface area contributed by atoms with Gasteiger partial charge in [-0.2, -0.15) is 0 Å². The number of likely N-dealkylation sites (tertiary alicyclic amines) is 1. The van der Waals surface area contributed by atoms with Gasteiger partial charge in [0.1, 0.15) is 0 Å². The smallest absolute Gasteiger partial charge is 0.302 e. The molecule has 126 valence electrons. The Labute approximate surface area is 142 Å². The monoisotopic (exact) mass is 335 g/mol. The molecule has 0 N–H and O–H groups in total. The summed E-state index contributed by atoms with van der Waals surface area (Å²) in [6.07, 6.45) is 5.81. The first-order chi connectivity index (χ1) is 11.3. The molecular formula is C18H26ClN3O. The molecule has 0 amide bonds. The van der Waals surface area contributed by atoms with Gasteiger partial charge in [-0.25, -0.2) is 4.79 Å². The van der Waals surface area contributed by atoms with E-state index in [2.05, 4.69) is 17.0 Å². The summed E-state index contributed by atoms with van der Waals surface area (Å²) in [5, 5.41) is 0. The predicted octanol–water partition coefficient (Wildman–Crippen LogP) is 3.31. The van der Waals surface area contributed by atoms with E-state index >= 15 is 0 Å². The second kappa shape index (κ2) is 8.02. The van der Waals surface area contributed by atoms with Crippen molar-refractivity contribution in [1.29, 1.82) is 0 Å². The first-order valence-corrected chi connectivity index (χ1v) is 9.31. The number of unbranched alkanes of at least 4 members (excludes halogenated alkanes) is 1. The zero-order chi connectivity index (χ0) is 16.1. The molecule has 2 aromatic rings. The van der Waals surface area contributed by atoms with Gasteiger partial charge in [-0.3, -0.25) is 9.13 Å². The average molecular weight is 336 g/mol. The molecule has 0 saturated carbocycles. The minimum absolute atomic E-state index is 0.123. The van der Waals surface area contributed by atoms with Crippen LogP contribution in [0.15, 0.2) is 29.1 Å². The Morgan fingerprint density at radius 1 is 0.870 bits per heavy atom. The summed E-state index contributed by atoms with van der Waals surface area (Å²) in [7, 11) is 0. The molecular weight excluding hydrogens is 310 g/mol. The number of aryl methyl sites for hydroxylation is 1. The van der Waals surface area contributed by atoms with Crippen molar-refractivity contribution >= 4 is 22.6 Å². The first-order valence-electron chi connectivity index (χ1n) is 8.77. The molecule has 1 aromatic carbocycles. The number of hydrogen-bond acceptors (Lipinski definition) is 2. The fourth-order valence-corrected chi connectivity index (χ4v) is 3.68. The van der Waals surface area contributed by atoms with Crippen molar-refractivity contribution in [2.24, 2.45) is 0 Å². The quantitative estimate of drug-likeness (QED) is 0.574. The Morgan fingerprint density at radius 2 is 1.52 bits per heavy atom. The van der Waals surface area contributed by atoms with Gasteiger partial charge in [-0.15, -0.1) is 11.6 Å². The van der Waals surface area contributed by atoms with Crippen LogP contribution in [-0.4, -0.2) is 39.5 Å². The highest BCUT2D eigenvalue weighted by atomic mass is 35.5. The van der Waals surface area contributed by atoms with Crippen molar-refractivity contribution in [1.82, 2.24) is 14.0 Å². The zero-order valence-corrected chi connectivity index (χ0v) is 14.5. The van der Waals surface area contributed by atoms with Crippen LogP contribution in [0.25, 0.3) is 11.0 Å². The lowest BCUT2D eigenvalue weighted by molar-refractivity contribution is 0.220. The average Bonchev–Trinajstić information content (AvgIpc) is 2.86. The van der Waals surface area contributed by atoms with Gasteiger partial charge in [0, 0.05) is 25.5 Å². The van der Waals surface area contributed by atoms with Crippen molar-refractivity contribution in [3.05, 3.63) is 34.7 Å². The number of para-hydroxylation sites is 2. The van der Waals surface area contributed by atoms with E-state index < -0.39 is 0 Å². The van der Waals surface area contributed by atoms with Crippen molar-refractivity contribution in [3.8, 4) is 0 Å². The van der Waals surface area contributed by atoms with Crippen molar-refractivity contribution in [2.75, 3.05) is 25.5 Å². The second-order valence-corrected chi connectivity index (χ2v) is 6.75. The topological polar surface area (TPSA) is 30.2 Å². The van der Waals surface area contributed by atoms with Gasteiger partial charge in [-0.05, 0) is 50.9 Å². The molecule has 23 heavy (non-hydrogen) atoms. The normalized spacial score (nSPS) is 16.2. The molecule has 0 unspecified atom stereocenters. The van der Waals surface area contributed by atoms with Gasteiger partial charge >= 0.3 is 5.69 Å². The first kappa shape index (κ1) is 16.6. The Hall–Kier alpha value is -1.26. The molecule has 0 aliphatic carbocycles. The molecule has 2 heterocycles. The van der Waals surface area contributed by atoms with Crippen molar-refractivity contribution in [3.63, 3.8) is 0 Å². The molecule has 1 aliphatic heterocycles. The van der Waals surface area contributed by atoms with Gasteiger partial charge in [0.05, 0.1) is 11.0 Å². The summed E-state index contributed by atoms with van der Waals surface area (Å²) in [5.41, 5.74) is 2.23. The summed E-state index contributed by atoms with van der Waals surface area (Å²) >= 11 is 5.77. The fourth-order valence-electron chi connectivity index (χ4n) is 3.49. The zero-order valence-electron chi connectivity index (χ0n) is 13.7. The van der Waals surface area contributed by atoms with Crippen LogP contribution in [0, 0.1) is 0 Å². The summed E-state index contributed by atoms with van der Waals surface area (Å²) in [4.78, 5) is 15.3. The van der Waals surface area contributed by atoms with E-state index in [0.717, 1.165) is 43.5 Å². The number of aromatic nitrogens is 2. The van der Waals surface area contributed by atoms with Gasteiger partial charge in [0.15, 0.2) is 0 Å². The molecule has 1 aromatic heterocycles. The molecule has 3 rings (SSSR count). The Balaban J connectivity index is 1.81. The van der Waals surface area contributed by atoms with Crippen LogP contribution >= 0.6 is 11.6 Å². The number of benzene rings is 1. The number of alkyl halides is 1. The van der Waals surface area contributed by atoms with Gasteiger partial charge in [0.25, 0.3) is 0 Å². The van der Waals surface area contributed by atoms with E-state index in [1.807, 2.05) is 21.3 Å². The largest absolute Gasteiger partial charge is 0.329 e. The van der Waals surface area contributed by atoms with Crippen LogP contribution in [0.1, 0.15) is 32.1 Å². The number of imidazole rings is 1. The van der Waals surface area contributed by atoms with Crippen LogP contribution in [0.4, 0.5) is 0 Å². The van der Waals surface area contributed by atoms with E-state index in [9.17, 15) is 4.79 Å². The molecule has 1 aliphatic rings. The lowest BCUT2D eigenvalue weighted by Crippen LogP contribution is -2.35. The summed E-state index contributed by atoms with van der Waals surface area (Å²) in [6, 6.07) is 8.14. The summed E-state index contributed by atoms with van der Waals surface area (Å²) in [5.74, 6) is 0.655. The number of nitrogens with zero attached hydrogens (tertiary/aromatic N) is 3. The molecule has 4 nitrogen and oxygen atoms in total. The fraction of sp³-hybridized carbons (Fsp3) is 0.611. The molecule has 0 atom stereocenters. The van der Waals surface area contributed by atoms with Crippen molar-refractivity contribution < 1.29 is 0 Å². The van der Waals surface area contributed by atoms with Crippen LogP contribution in [0.3, 0.4) is 0 Å². The third-order valence-electron chi connectivity index (χ3n) is 4.78. The van der Waals surface area contributed by atoms with E-state index in [0.29, 0.717) is 5.88 Å². The summed E-state index contributed by atoms with van der Waals surface area (Å²) in [6.45, 7) is 4.84. The molecule has 1 fully saturated rings. The third-order valence-corrected chi connectivity index (χ3v) is 5.05. The van der Waals surface area contributed by atoms with Crippen LogP contribution in [0.2, 0.25) is 0 Å². The SMILES string of the molecule is O=c1n(CCCCCl)c2ccccc2n1CCN1CCCCC1. The standard InChI is InChI=1S/C18H26ClN3O/c19-10-4-7-13-21-16-8-2-3-9-17(16)22(18(21)23)15-14-20-11-5-1-6-12-20/h2-3,8-9H,1,4-7,10-15H2. The lowest BCUT2D eigenvalue weighted by atomic mass is 10.1. The van der Waals surface area contributed by atoms with Gasteiger partial charge in [0.2, 0.25) is 0 Å². The second-order valence-electron chi connectivity index (χ2n) is 6.37. The number of fused-ring (bicyclic) bond motifs is 1. The Kier molecular flexibility index (Phi) is 5.79. The van der Waals surface area contributed by atoms with Gasteiger partial charge in [-0.1, -0.05) is 18.6 Å². The minimum atomic E-state index is 0.123. The third kappa shape index (κ3) is 3.81. The predicted molar refractivity (Wildman–Crippen MR) is 96.4 cm³/mol. The van der Waals surface area contributed by atoms with E-state index in [4.69, 9.17) is 11.6 Å². The molecule has 0 radical (unpaired) electrons. The highest BCUT2D eigenvalue weighted by Gasteiger charge is 2.15. The maximum absolute atomic E-state index is 12.8. The molecule has 0 bridgehead atoms. The van der Waals surface area contributed by atoms with Crippen LogP contribution < -0.4 is 5.69 Å². The molecule has 5 heteroatoms. The highest BCUT2D eigenvalue weighted by Crippen LogP contribution is 2.14. The number of halogens is 1. The minimum Gasteiger partial charge on any atom is -0.302 e. The van der Waals surface area contributed by atoms with E-state index in [1.165, 1.54) is 32.4 Å². The lowest BCUT2D eigenvalue weighted by Gasteiger charge is -2.26. The molecule has 0 spiro atoms. The number of hydrogen-bond donors (Lipinski definition) is 0. The van der Waals surface area contributed by atoms with Gasteiger partial charge < -0.3 is 4.90 Å². The maximum Gasteiger partial charge on any atom is 0.329 e. The Morgan fingerprint density at radius 3 is 2.17 bits per heavy atom. The van der Waals surface area contributed by atoms with E-state index in [1.54, 1.807) is 0 Å². The molecule has 1 saturated heterocycles. The van der Waals surface area contributed by atoms with Crippen LogP contribution in [-0.2, 0) is 13.1 Å². The number of piperidine rings is 1. The highest BCUT2D eigenvalue weighted by molar-refractivity contribution is 6.17. The van der Waals surface area contributed by atoms with Crippen molar-refractivity contribution in [2.45, 2.75) is 45.2 Å². The maximum atomic E-state index is 12.8. The van der Waals surface area contributed by atoms with Crippen LogP contribution in [0.5, 0.6) is 0 Å². The van der Waals surface area contributed by atoms with E-state index in [-0.39, 0.29) is 5.69 Å². The summed E-state index contributed by atoms with van der Waals surface area (Å²) < 4.78 is 3.86. The number of rotatable bonds is 7. The Bertz CT molecular complexity index is 685.